The van der Waals surface area contributed by atoms with Gasteiger partial charge in [-0.15, -0.1) is 0 Å². The van der Waals surface area contributed by atoms with Crippen LogP contribution in [0.15, 0.2) is 74.4 Å². The lowest BCUT2D eigenvalue weighted by Crippen LogP contribution is -2.35. The van der Waals surface area contributed by atoms with Gasteiger partial charge in [-0.1, -0.05) is 0 Å². The molecule has 9 N–H and O–H groups in total. The van der Waals surface area contributed by atoms with Crippen molar-refractivity contribution in [2.24, 2.45) is 11.8 Å². The van der Waals surface area contributed by atoms with E-state index in [0.29, 0.717) is 81.3 Å². The van der Waals surface area contributed by atoms with Crippen LogP contribution in [0, 0.1) is 18.4 Å². The Balaban J connectivity index is 0.000000179. The molecule has 0 amide bonds. The van der Waals surface area contributed by atoms with Crippen LogP contribution in [-0.2, 0) is 9.53 Å². The molecule has 0 unspecified atom stereocenters. The number of piperidine rings is 3. The van der Waals surface area contributed by atoms with Crippen molar-refractivity contribution in [2.45, 2.75) is 63.8 Å². The van der Waals surface area contributed by atoms with Gasteiger partial charge in [-0.05, 0) is 32.1 Å². The Bertz CT molecular complexity index is 3450. The zero-order valence-electron chi connectivity index (χ0n) is 51.3. The van der Waals surface area contributed by atoms with Gasteiger partial charge >= 0.3 is 35.8 Å². The van der Waals surface area contributed by atoms with Crippen molar-refractivity contribution < 1.29 is 79.2 Å². The Labute approximate surface area is 538 Å². The number of nitrogens with one attached hydrogen (secondary N) is 1. The number of carboxylic acid groups (broad SMARTS) is 6. The number of carbonyl (C=O) groups excluding carboxylic acids is 1. The number of aromatic nitrogens is 12. The maximum atomic E-state index is 11.1. The smallest absolute Gasteiger partial charge is 0.354 e. The predicted octanol–water partition coefficient (Wildman–Crippen LogP) is 2.79. The second kappa shape index (κ2) is 37.5. The van der Waals surface area contributed by atoms with E-state index in [1.807, 2.05) is 19.6 Å². The third-order valence-corrected chi connectivity index (χ3v) is 14.9. The van der Waals surface area contributed by atoms with Gasteiger partial charge in [-0.25, -0.2) is 95.1 Å². The number of hydrogen-bond acceptors (Lipinski definition) is 28. The fourth-order valence-corrected chi connectivity index (χ4v) is 9.75. The molecule has 0 aliphatic carbocycles. The van der Waals surface area contributed by atoms with E-state index >= 15 is 0 Å². The van der Waals surface area contributed by atoms with Crippen LogP contribution in [0.5, 0.6) is 0 Å². The average Bonchev–Trinajstić information content (AvgIpc) is 2.09. The first-order chi connectivity index (χ1) is 45.3. The number of Topliss-reactive ketones (excluding diaryl/α,β-unsaturated/α-hetero) is 1. The molecule has 0 spiro atoms. The van der Waals surface area contributed by atoms with Gasteiger partial charge < -0.3 is 80.3 Å². The van der Waals surface area contributed by atoms with Crippen molar-refractivity contribution in [3.05, 3.63) is 120 Å². The van der Waals surface area contributed by atoms with Gasteiger partial charge in [0.15, 0.2) is 34.2 Å². The summed E-state index contributed by atoms with van der Waals surface area (Å²) in [6.45, 7) is 16.0. The zero-order chi connectivity index (χ0) is 67.9. The van der Waals surface area contributed by atoms with E-state index in [-0.39, 0.29) is 71.0 Å². The first kappa shape index (κ1) is 72.2. The Morgan fingerprint density at radius 2 is 0.777 bits per heavy atom. The summed E-state index contributed by atoms with van der Waals surface area (Å²) in [5.74, 6) is -1.93. The number of aromatic carboxylic acids is 6. The molecular formula is C59H73N19O16. The molecule has 0 radical (unpaired) electrons. The second-order valence-electron chi connectivity index (χ2n) is 21.3. The molecule has 11 heterocycles. The normalized spacial score (nSPS) is 16.7. The fraction of sp³-hybridized carbons (Fsp3) is 0.458. The minimum absolute atomic E-state index is 0.00213. The van der Waals surface area contributed by atoms with E-state index < -0.39 is 35.8 Å². The van der Waals surface area contributed by atoms with Gasteiger partial charge in [0.2, 0.25) is 6.04 Å². The SMILES string of the molecule is COCCNc1cc(C(=O)O)ncn1.O=C(O)c1cc(N2CCCCC2)ncn1.O=C(O)c1cc(N2CC[C@@H](CO)C2)ncn1.O=C(O)c1cc(N2CC[C@H](CO)C2)ncn1.O=C1CCN(c2cc(C(=O)O)ncn2)CC1.[C-]#[N+]C1CCN(c2cc(C(=O)O)ncn2)CC1. The van der Waals surface area contributed by atoms with Crippen LogP contribution in [0.4, 0.5) is 34.9 Å². The summed E-state index contributed by atoms with van der Waals surface area (Å²) in [6.07, 6.45) is 15.5. The summed E-state index contributed by atoms with van der Waals surface area (Å²) in [4.78, 5) is 135. The fourth-order valence-electron chi connectivity index (χ4n) is 9.75. The summed E-state index contributed by atoms with van der Waals surface area (Å²) >= 11 is 0. The summed E-state index contributed by atoms with van der Waals surface area (Å²) in [7, 11) is 1.59. The largest absolute Gasteiger partial charge is 0.477 e. The third-order valence-electron chi connectivity index (χ3n) is 14.9. The van der Waals surface area contributed by atoms with Crippen molar-refractivity contribution in [3.63, 3.8) is 0 Å². The highest BCUT2D eigenvalue weighted by Gasteiger charge is 2.27. The molecule has 5 aliphatic heterocycles. The van der Waals surface area contributed by atoms with Crippen molar-refractivity contribution in [3.8, 4) is 0 Å². The lowest BCUT2D eigenvalue weighted by atomic mass is 10.1. The number of ether oxygens (including phenoxy) is 1. The number of carbonyl (C=O) groups is 7. The Morgan fingerprint density at radius 1 is 0.457 bits per heavy atom. The molecule has 6 aromatic heterocycles. The topological polar surface area (TPSA) is 478 Å². The molecule has 500 valence electrons. The van der Waals surface area contributed by atoms with Crippen molar-refractivity contribution in [2.75, 3.05) is 129 Å². The van der Waals surface area contributed by atoms with E-state index in [4.69, 9.17) is 52.2 Å². The number of nitrogens with zero attached hydrogens (tertiary/aromatic N) is 18. The standard InChI is InChI=1S/C11H12N4O2.C10H11N3O3.2C10H13N3O3.C10H13N3O2.C8H11N3O3/c1-12-8-2-4-15(5-3-8)10-6-9(11(16)17)13-7-14-10;14-7-1-3-13(4-2-7)9-5-8(10(15)16)11-6-12-9;2*14-5-7-1-2-13(4-7)9-3-8(10(15)16)11-6-12-9;14-10(15)8-6-9(12-7-11-8)13-4-2-1-3-5-13;1-14-3-2-9-7-4-6(8(12)13)10-5-11-7/h6-8H,2-5H2,(H,16,17);5-6H,1-4H2,(H,15,16);2*3,6-7,14H,1-2,4-5H2,(H,15,16);6-7H,1-5H2,(H,14,15);4-5H,2-3H2,1H3,(H,12,13)(H,9,10,11)/t;;2*7-;;/m..10../s1. The number of carboxylic acids is 6. The third kappa shape index (κ3) is 23.1. The molecule has 94 heavy (non-hydrogen) atoms. The van der Waals surface area contributed by atoms with Crippen LogP contribution in [0.2, 0.25) is 0 Å². The summed E-state index contributed by atoms with van der Waals surface area (Å²) in [5.41, 5.74) is 0.00425. The number of aliphatic hydroxyl groups is 2. The van der Waals surface area contributed by atoms with E-state index in [9.17, 15) is 33.6 Å². The maximum absolute atomic E-state index is 11.1. The van der Waals surface area contributed by atoms with E-state index in [1.54, 1.807) is 7.11 Å². The van der Waals surface area contributed by atoms with Crippen molar-refractivity contribution in [1.82, 2.24) is 59.8 Å². The monoisotopic (exact) mass is 1300 g/mol. The molecule has 0 aromatic carbocycles. The molecule has 5 saturated heterocycles. The Morgan fingerprint density at radius 3 is 1.11 bits per heavy atom. The molecule has 0 bridgehead atoms. The van der Waals surface area contributed by atoms with Crippen LogP contribution < -0.4 is 29.8 Å². The average molecular weight is 1300 g/mol. The summed E-state index contributed by atoms with van der Waals surface area (Å²) in [5, 5.41) is 73.6. The predicted molar refractivity (Wildman–Crippen MR) is 333 cm³/mol. The highest BCUT2D eigenvalue weighted by molar-refractivity contribution is 5.89. The number of hydrogen-bond donors (Lipinski definition) is 9. The molecule has 5 aliphatic rings. The quantitative estimate of drug-likeness (QED) is 0.0468. The molecule has 35 heteroatoms. The number of rotatable bonds is 17. The lowest BCUT2D eigenvalue weighted by molar-refractivity contribution is -0.119. The molecule has 35 nitrogen and oxygen atoms in total. The van der Waals surface area contributed by atoms with Crippen LogP contribution in [0.3, 0.4) is 0 Å². The number of methoxy groups -OCH3 is 1. The highest BCUT2D eigenvalue weighted by atomic mass is 16.5. The van der Waals surface area contributed by atoms with E-state index in [0.717, 1.165) is 83.6 Å². The minimum atomic E-state index is -1.07. The first-order valence-electron chi connectivity index (χ1n) is 29.7. The Kier molecular flexibility index (Phi) is 28.8. The maximum Gasteiger partial charge on any atom is 0.354 e. The molecule has 2 atom stereocenters. The summed E-state index contributed by atoms with van der Waals surface area (Å²) in [6, 6.07) is 8.82. The van der Waals surface area contributed by atoms with Crippen LogP contribution in [-0.4, -0.2) is 247 Å². The molecule has 6 aromatic rings. The van der Waals surface area contributed by atoms with Crippen LogP contribution in [0.1, 0.15) is 121 Å². The van der Waals surface area contributed by atoms with Gasteiger partial charge in [0.05, 0.1) is 6.61 Å². The van der Waals surface area contributed by atoms with E-state index in [1.165, 1.54) is 80.8 Å². The molecular weight excluding hydrogens is 1230 g/mol. The molecule has 0 saturated carbocycles. The Hall–Kier alpha value is -10.9. The van der Waals surface area contributed by atoms with Gasteiger partial charge in [0, 0.05) is 166 Å². The number of ketones is 1. The lowest BCUT2D eigenvalue weighted by Gasteiger charge is -2.28. The van der Waals surface area contributed by atoms with Crippen molar-refractivity contribution >= 4 is 76.5 Å². The van der Waals surface area contributed by atoms with Crippen LogP contribution >= 0.6 is 0 Å². The van der Waals surface area contributed by atoms with E-state index in [2.05, 4.69) is 74.9 Å². The minimum Gasteiger partial charge on any atom is -0.477 e. The molecule has 11 rings (SSSR count). The van der Waals surface area contributed by atoms with Gasteiger partial charge in [0.1, 0.15) is 78.7 Å². The second-order valence-corrected chi connectivity index (χ2v) is 21.3. The zero-order valence-corrected chi connectivity index (χ0v) is 51.3. The molecule has 5 fully saturated rings. The number of anilines is 6. The van der Waals surface area contributed by atoms with Gasteiger partial charge in [-0.3, -0.25) is 4.79 Å². The highest BCUT2D eigenvalue weighted by Crippen LogP contribution is 2.25. The van der Waals surface area contributed by atoms with Crippen LogP contribution in [0.25, 0.3) is 4.85 Å². The number of aliphatic hydroxyl groups excluding tert-OH is 2. The van der Waals surface area contributed by atoms with Gasteiger partial charge in [-0.2, -0.15) is 0 Å². The summed E-state index contributed by atoms with van der Waals surface area (Å²) < 4.78 is 4.82. The van der Waals surface area contributed by atoms with Gasteiger partial charge in [0.25, 0.3) is 0 Å². The first-order valence-corrected chi connectivity index (χ1v) is 29.7. The van der Waals surface area contributed by atoms with Crippen molar-refractivity contribution in [1.29, 1.82) is 0 Å².